The minimum absolute atomic E-state index is 0.000497. The topological polar surface area (TPSA) is 93.8 Å². The Morgan fingerprint density at radius 3 is 2.20 bits per heavy atom. The summed E-state index contributed by atoms with van der Waals surface area (Å²) in [5, 5.41) is 9.19. The standard InChI is InChI=1S/C36H53N5O3/c1-6-22-41-33(42)31(38-34(43)36(41)19-24-40(25-20-36)23-18-28-13-8-7-9-14-28)17-10-11-21-37-35(44)39-32-29(26(2)3)15-12-16-30(32)27(4)5/h7-9,12-16,26-27,31H,6,10-11,17-25H2,1-5H3,(H,38,43)(H2,37,39,44)/t31-/m0/s1. The van der Waals surface area contributed by atoms with Crippen LogP contribution in [-0.2, 0) is 16.0 Å². The van der Waals surface area contributed by atoms with E-state index < -0.39 is 11.6 Å². The van der Waals surface area contributed by atoms with Crippen LogP contribution in [0.5, 0.6) is 0 Å². The zero-order valence-electron chi connectivity index (χ0n) is 27.5. The number of hydrogen-bond donors (Lipinski definition) is 3. The lowest BCUT2D eigenvalue weighted by Crippen LogP contribution is -2.72. The van der Waals surface area contributed by atoms with E-state index in [0.717, 1.165) is 62.1 Å². The maximum absolute atomic E-state index is 13.7. The number of nitrogens with zero attached hydrogens (tertiary/aromatic N) is 2. The number of anilines is 1. The fraction of sp³-hybridized carbons (Fsp3) is 0.583. The number of carbonyl (C=O) groups is 3. The quantitative estimate of drug-likeness (QED) is 0.244. The van der Waals surface area contributed by atoms with Crippen molar-refractivity contribution in [1.82, 2.24) is 20.4 Å². The normalized spacial score (nSPS) is 18.6. The number of likely N-dealkylation sites (tertiary alicyclic amines) is 1. The zero-order valence-corrected chi connectivity index (χ0v) is 27.5. The van der Waals surface area contributed by atoms with E-state index in [9.17, 15) is 14.4 Å². The molecule has 2 aliphatic rings. The number of carbonyl (C=O) groups excluding carboxylic acids is 3. The number of benzene rings is 2. The van der Waals surface area contributed by atoms with E-state index in [1.807, 2.05) is 11.0 Å². The largest absolute Gasteiger partial charge is 0.342 e. The van der Waals surface area contributed by atoms with Gasteiger partial charge in [0.15, 0.2) is 0 Å². The summed E-state index contributed by atoms with van der Waals surface area (Å²) >= 11 is 0. The highest BCUT2D eigenvalue weighted by atomic mass is 16.2. The molecule has 0 unspecified atom stereocenters. The van der Waals surface area contributed by atoms with Gasteiger partial charge in [-0.3, -0.25) is 9.59 Å². The third kappa shape index (κ3) is 8.00. The SMILES string of the molecule is CCCN1C(=O)[C@H](CCCCNC(=O)Nc2c(C(C)C)cccc2C(C)C)NC(=O)C12CCN(CCc1ccccc1)CC2. The number of unbranched alkanes of at least 4 members (excludes halogenated alkanes) is 1. The van der Waals surface area contributed by atoms with Crippen molar-refractivity contribution in [3.8, 4) is 0 Å². The monoisotopic (exact) mass is 603 g/mol. The van der Waals surface area contributed by atoms with Crippen LogP contribution < -0.4 is 16.0 Å². The highest BCUT2D eigenvalue weighted by Gasteiger charge is 2.53. The van der Waals surface area contributed by atoms with Crippen LogP contribution in [0.2, 0.25) is 0 Å². The summed E-state index contributed by atoms with van der Waals surface area (Å²) in [5.41, 5.74) is 3.74. The van der Waals surface area contributed by atoms with Crippen LogP contribution in [0.15, 0.2) is 48.5 Å². The van der Waals surface area contributed by atoms with Gasteiger partial charge >= 0.3 is 6.03 Å². The van der Waals surface area contributed by atoms with Crippen LogP contribution in [0.4, 0.5) is 10.5 Å². The first kappa shape index (κ1) is 33.5. The van der Waals surface area contributed by atoms with Gasteiger partial charge < -0.3 is 25.8 Å². The highest BCUT2D eigenvalue weighted by Crippen LogP contribution is 2.34. The number of urea groups is 1. The molecule has 0 bridgehead atoms. The molecule has 3 N–H and O–H groups in total. The lowest BCUT2D eigenvalue weighted by atomic mass is 9.81. The van der Waals surface area contributed by atoms with Gasteiger partial charge in [0.25, 0.3) is 0 Å². The van der Waals surface area contributed by atoms with Crippen molar-refractivity contribution in [3.63, 3.8) is 0 Å². The Bertz CT molecular complexity index is 1230. The number of piperazine rings is 1. The molecule has 2 aromatic rings. The van der Waals surface area contributed by atoms with Gasteiger partial charge in [0.2, 0.25) is 11.8 Å². The fourth-order valence-electron chi connectivity index (χ4n) is 6.72. The van der Waals surface area contributed by atoms with Crippen LogP contribution in [0, 0.1) is 0 Å². The van der Waals surface area contributed by atoms with Gasteiger partial charge in [0.05, 0.1) is 0 Å². The first-order valence-corrected chi connectivity index (χ1v) is 16.7. The van der Waals surface area contributed by atoms with Crippen LogP contribution >= 0.6 is 0 Å². The molecule has 8 heteroatoms. The van der Waals surface area contributed by atoms with Crippen LogP contribution in [0.1, 0.15) is 102 Å². The van der Waals surface area contributed by atoms with E-state index in [1.165, 1.54) is 5.56 Å². The van der Waals surface area contributed by atoms with Crippen molar-refractivity contribution in [2.24, 2.45) is 0 Å². The number of amides is 4. The summed E-state index contributed by atoms with van der Waals surface area (Å²) < 4.78 is 0. The van der Waals surface area contributed by atoms with Gasteiger partial charge in [-0.1, -0.05) is 83.1 Å². The summed E-state index contributed by atoms with van der Waals surface area (Å²) in [6.07, 6.45) is 5.18. The van der Waals surface area contributed by atoms with Crippen molar-refractivity contribution >= 4 is 23.5 Å². The lowest BCUT2D eigenvalue weighted by Gasteiger charge is -2.51. The molecule has 1 atom stereocenters. The van der Waals surface area contributed by atoms with Crippen LogP contribution in [-0.4, -0.2) is 71.9 Å². The van der Waals surface area contributed by atoms with Crippen molar-refractivity contribution in [2.45, 2.75) is 103 Å². The number of hydrogen-bond acceptors (Lipinski definition) is 4. The molecule has 4 amide bonds. The molecule has 0 aromatic heterocycles. The minimum atomic E-state index is -0.742. The predicted molar refractivity (Wildman–Crippen MR) is 178 cm³/mol. The molecule has 0 radical (unpaired) electrons. The van der Waals surface area contributed by atoms with Gasteiger partial charge in [-0.05, 0) is 73.5 Å². The van der Waals surface area contributed by atoms with Crippen LogP contribution in [0.25, 0.3) is 0 Å². The number of nitrogens with one attached hydrogen (secondary N) is 3. The molecule has 2 heterocycles. The molecule has 2 saturated heterocycles. The lowest BCUT2D eigenvalue weighted by molar-refractivity contribution is -0.161. The minimum Gasteiger partial charge on any atom is -0.342 e. The average molecular weight is 604 g/mol. The van der Waals surface area contributed by atoms with Crippen molar-refractivity contribution in [3.05, 3.63) is 65.2 Å². The Labute approximate surface area is 264 Å². The van der Waals surface area contributed by atoms with E-state index in [4.69, 9.17) is 0 Å². The van der Waals surface area contributed by atoms with E-state index in [1.54, 1.807) is 0 Å². The predicted octanol–water partition coefficient (Wildman–Crippen LogP) is 6.04. The first-order chi connectivity index (χ1) is 21.2. The third-order valence-corrected chi connectivity index (χ3v) is 9.32. The van der Waals surface area contributed by atoms with Gasteiger partial charge in [-0.25, -0.2) is 4.79 Å². The Balaban J connectivity index is 1.25. The van der Waals surface area contributed by atoms with Gasteiger partial charge in [0.1, 0.15) is 11.6 Å². The molecule has 8 nitrogen and oxygen atoms in total. The van der Waals surface area contributed by atoms with E-state index in [-0.39, 0.29) is 17.8 Å². The summed E-state index contributed by atoms with van der Waals surface area (Å²) in [5.74, 6) is 0.638. The summed E-state index contributed by atoms with van der Waals surface area (Å²) in [7, 11) is 0. The number of rotatable bonds is 13. The molecular weight excluding hydrogens is 550 g/mol. The third-order valence-electron chi connectivity index (χ3n) is 9.32. The molecule has 2 aromatic carbocycles. The van der Waals surface area contributed by atoms with E-state index >= 15 is 0 Å². The Hall–Kier alpha value is -3.39. The summed E-state index contributed by atoms with van der Waals surface area (Å²) in [6.45, 7) is 14.3. The van der Waals surface area contributed by atoms with Gasteiger partial charge in [0, 0.05) is 38.4 Å². The highest BCUT2D eigenvalue weighted by molar-refractivity contribution is 6.00. The fourth-order valence-corrected chi connectivity index (χ4v) is 6.72. The Morgan fingerprint density at radius 1 is 0.932 bits per heavy atom. The van der Waals surface area contributed by atoms with Crippen molar-refractivity contribution < 1.29 is 14.4 Å². The first-order valence-electron chi connectivity index (χ1n) is 16.7. The summed E-state index contributed by atoms with van der Waals surface area (Å²) in [4.78, 5) is 44.4. The maximum atomic E-state index is 13.7. The second kappa shape index (κ2) is 15.6. The molecule has 4 rings (SSSR count). The van der Waals surface area contributed by atoms with Crippen LogP contribution in [0.3, 0.4) is 0 Å². The number of piperidine rings is 1. The molecule has 2 fully saturated rings. The van der Waals surface area contributed by atoms with Gasteiger partial charge in [-0.15, -0.1) is 0 Å². The summed E-state index contributed by atoms with van der Waals surface area (Å²) in [6, 6.07) is 16.0. The Kier molecular flexibility index (Phi) is 11.8. The average Bonchev–Trinajstić information content (AvgIpc) is 3.01. The van der Waals surface area contributed by atoms with E-state index in [0.29, 0.717) is 44.2 Å². The second-order valence-electron chi connectivity index (χ2n) is 13.1. The molecule has 44 heavy (non-hydrogen) atoms. The smallest absolute Gasteiger partial charge is 0.319 e. The van der Waals surface area contributed by atoms with Gasteiger partial charge in [-0.2, -0.15) is 0 Å². The molecule has 1 spiro atoms. The van der Waals surface area contributed by atoms with Crippen molar-refractivity contribution in [2.75, 3.05) is 38.0 Å². The molecule has 0 aliphatic carbocycles. The molecule has 0 saturated carbocycles. The second-order valence-corrected chi connectivity index (χ2v) is 13.1. The molecular formula is C36H53N5O3. The zero-order chi connectivity index (χ0) is 31.7. The number of para-hydroxylation sites is 1. The van der Waals surface area contributed by atoms with E-state index in [2.05, 4.69) is 97.9 Å². The molecule has 2 aliphatic heterocycles. The maximum Gasteiger partial charge on any atom is 0.319 e. The molecule has 240 valence electrons. The van der Waals surface area contributed by atoms with Crippen molar-refractivity contribution in [1.29, 1.82) is 0 Å². The Morgan fingerprint density at radius 2 is 1.59 bits per heavy atom.